The molecule has 25 heavy (non-hydrogen) atoms. The highest BCUT2D eigenvalue weighted by Crippen LogP contribution is 2.16. The van der Waals surface area contributed by atoms with E-state index in [2.05, 4.69) is 20.1 Å². The van der Waals surface area contributed by atoms with Gasteiger partial charge in [0.15, 0.2) is 5.96 Å². The fourth-order valence-corrected chi connectivity index (χ4v) is 2.63. The van der Waals surface area contributed by atoms with Crippen LogP contribution in [-0.2, 0) is 4.79 Å². The highest BCUT2D eigenvalue weighted by Gasteiger charge is 2.18. The summed E-state index contributed by atoms with van der Waals surface area (Å²) in [7, 11) is 0. The van der Waals surface area contributed by atoms with E-state index in [1.54, 1.807) is 12.1 Å². The fourth-order valence-electron chi connectivity index (χ4n) is 2.63. The number of nitrogens with two attached hydrogens (primary N) is 1. The van der Waals surface area contributed by atoms with Crippen LogP contribution in [-0.4, -0.2) is 56.0 Å². The summed E-state index contributed by atoms with van der Waals surface area (Å²) in [6, 6.07) is 6.56. The summed E-state index contributed by atoms with van der Waals surface area (Å²) in [6.45, 7) is 8.19. The molecular formula is C18H28FN5O. The minimum atomic E-state index is -0.219. The Hall–Kier alpha value is -2.31. The van der Waals surface area contributed by atoms with E-state index >= 15 is 0 Å². The van der Waals surface area contributed by atoms with Crippen molar-refractivity contribution in [1.29, 1.82) is 0 Å². The molecule has 1 aliphatic rings. The molecule has 6 nitrogen and oxygen atoms in total. The number of rotatable bonds is 6. The number of aliphatic imine (C=N–C) groups is 1. The van der Waals surface area contributed by atoms with E-state index in [0.717, 1.165) is 38.3 Å². The number of guanidine groups is 1. The van der Waals surface area contributed by atoms with Crippen LogP contribution in [0.3, 0.4) is 0 Å². The molecule has 0 radical (unpaired) electrons. The monoisotopic (exact) mass is 349 g/mol. The average Bonchev–Trinajstić information content (AvgIpc) is 2.61. The molecule has 1 aromatic rings. The Bertz CT molecular complexity index is 580. The highest BCUT2D eigenvalue weighted by molar-refractivity contribution is 5.78. The number of nitrogens with one attached hydrogen (secondary N) is 1. The number of carbonyl (C=O) groups is 1. The standard InChI is InChI=1S/C18H28FN5O/c1-14(2)17(25)21-8-3-9-22-18(20)24-12-10-23(11-13-24)16-6-4-15(19)5-7-16/h4-7,14H,3,8-13H2,1-2H3,(H2,20,22)(H,21,25). The minimum absolute atomic E-state index is 0.00553. The maximum Gasteiger partial charge on any atom is 0.222 e. The van der Waals surface area contributed by atoms with Gasteiger partial charge >= 0.3 is 0 Å². The summed E-state index contributed by atoms with van der Waals surface area (Å²) < 4.78 is 13.0. The normalized spacial score (nSPS) is 15.6. The molecule has 0 bridgehead atoms. The lowest BCUT2D eigenvalue weighted by Crippen LogP contribution is -2.51. The summed E-state index contributed by atoms with van der Waals surface area (Å²) in [4.78, 5) is 20.1. The quantitative estimate of drug-likeness (QED) is 0.463. The van der Waals surface area contributed by atoms with Gasteiger partial charge in [0.2, 0.25) is 5.91 Å². The van der Waals surface area contributed by atoms with E-state index in [4.69, 9.17) is 5.73 Å². The van der Waals surface area contributed by atoms with E-state index in [1.807, 2.05) is 13.8 Å². The fraction of sp³-hybridized carbons (Fsp3) is 0.556. The van der Waals surface area contributed by atoms with Crippen LogP contribution in [0.1, 0.15) is 20.3 Å². The summed E-state index contributed by atoms with van der Waals surface area (Å²) in [6.07, 6.45) is 0.773. The SMILES string of the molecule is CC(C)C(=O)NCCCN=C(N)N1CCN(c2ccc(F)cc2)CC1. The number of benzene rings is 1. The first-order chi connectivity index (χ1) is 12.0. The lowest BCUT2D eigenvalue weighted by atomic mass is 10.2. The van der Waals surface area contributed by atoms with Gasteiger partial charge in [-0.15, -0.1) is 0 Å². The van der Waals surface area contributed by atoms with E-state index in [-0.39, 0.29) is 17.6 Å². The van der Waals surface area contributed by atoms with Gasteiger partial charge in [-0.1, -0.05) is 13.8 Å². The van der Waals surface area contributed by atoms with E-state index < -0.39 is 0 Å². The van der Waals surface area contributed by atoms with Crippen molar-refractivity contribution in [3.8, 4) is 0 Å². The second-order valence-electron chi connectivity index (χ2n) is 6.49. The number of carbonyl (C=O) groups excluding carboxylic acids is 1. The predicted octanol–water partition coefficient (Wildman–Crippen LogP) is 1.42. The molecule has 1 heterocycles. The second-order valence-corrected chi connectivity index (χ2v) is 6.49. The summed E-state index contributed by atoms with van der Waals surface area (Å²) in [5.41, 5.74) is 7.09. The van der Waals surface area contributed by atoms with Gasteiger partial charge in [-0.3, -0.25) is 9.79 Å². The van der Waals surface area contributed by atoms with Gasteiger partial charge in [-0.25, -0.2) is 4.39 Å². The molecule has 0 aromatic heterocycles. The van der Waals surface area contributed by atoms with Crippen LogP contribution in [0.15, 0.2) is 29.3 Å². The molecule has 2 rings (SSSR count). The number of amides is 1. The Balaban J connectivity index is 1.70. The van der Waals surface area contributed by atoms with Gasteiger partial charge in [0, 0.05) is 50.9 Å². The smallest absolute Gasteiger partial charge is 0.222 e. The molecule has 0 aliphatic carbocycles. The molecule has 1 amide bonds. The van der Waals surface area contributed by atoms with Crippen molar-refractivity contribution in [1.82, 2.24) is 10.2 Å². The maximum absolute atomic E-state index is 13.0. The summed E-state index contributed by atoms with van der Waals surface area (Å²) in [5.74, 6) is 0.400. The third-order valence-corrected chi connectivity index (χ3v) is 4.23. The summed E-state index contributed by atoms with van der Waals surface area (Å²) in [5, 5.41) is 2.87. The van der Waals surface area contributed by atoms with Crippen LogP contribution in [0.4, 0.5) is 10.1 Å². The van der Waals surface area contributed by atoms with Crippen LogP contribution >= 0.6 is 0 Å². The Kier molecular flexibility index (Phi) is 7.03. The van der Waals surface area contributed by atoms with Crippen LogP contribution in [0.25, 0.3) is 0 Å². The van der Waals surface area contributed by atoms with Gasteiger partial charge in [0.05, 0.1) is 0 Å². The summed E-state index contributed by atoms with van der Waals surface area (Å²) >= 11 is 0. The topological polar surface area (TPSA) is 74.0 Å². The Morgan fingerprint density at radius 2 is 1.88 bits per heavy atom. The van der Waals surface area contributed by atoms with E-state index in [0.29, 0.717) is 19.0 Å². The highest BCUT2D eigenvalue weighted by atomic mass is 19.1. The van der Waals surface area contributed by atoms with Crippen molar-refractivity contribution in [3.63, 3.8) is 0 Å². The number of piperazine rings is 1. The van der Waals surface area contributed by atoms with Crippen molar-refractivity contribution < 1.29 is 9.18 Å². The van der Waals surface area contributed by atoms with Gasteiger partial charge in [-0.05, 0) is 30.7 Å². The molecule has 1 saturated heterocycles. The Labute approximate surface area is 148 Å². The number of nitrogens with zero attached hydrogens (tertiary/aromatic N) is 3. The molecule has 7 heteroatoms. The Morgan fingerprint density at radius 1 is 1.24 bits per heavy atom. The van der Waals surface area contributed by atoms with Crippen molar-refractivity contribution in [2.45, 2.75) is 20.3 Å². The lowest BCUT2D eigenvalue weighted by molar-refractivity contribution is -0.123. The van der Waals surface area contributed by atoms with Gasteiger partial charge < -0.3 is 20.9 Å². The molecule has 0 atom stereocenters. The van der Waals surface area contributed by atoms with Crippen molar-refractivity contribution in [2.24, 2.45) is 16.6 Å². The molecule has 1 aliphatic heterocycles. The van der Waals surface area contributed by atoms with Gasteiger partial charge in [0.1, 0.15) is 5.82 Å². The number of halogens is 1. The molecule has 0 unspecified atom stereocenters. The largest absolute Gasteiger partial charge is 0.370 e. The molecule has 1 aromatic carbocycles. The zero-order valence-corrected chi connectivity index (χ0v) is 15.0. The molecular weight excluding hydrogens is 321 g/mol. The first-order valence-corrected chi connectivity index (χ1v) is 8.80. The van der Waals surface area contributed by atoms with Crippen molar-refractivity contribution in [3.05, 3.63) is 30.1 Å². The van der Waals surface area contributed by atoms with Crippen LogP contribution < -0.4 is 16.0 Å². The van der Waals surface area contributed by atoms with E-state index in [9.17, 15) is 9.18 Å². The average molecular weight is 349 g/mol. The first-order valence-electron chi connectivity index (χ1n) is 8.80. The van der Waals surface area contributed by atoms with Crippen LogP contribution in [0.5, 0.6) is 0 Å². The number of anilines is 1. The van der Waals surface area contributed by atoms with E-state index in [1.165, 1.54) is 12.1 Å². The second kappa shape index (κ2) is 9.25. The molecule has 1 fully saturated rings. The number of hydrogen-bond donors (Lipinski definition) is 2. The zero-order valence-electron chi connectivity index (χ0n) is 15.0. The third-order valence-electron chi connectivity index (χ3n) is 4.23. The molecule has 0 spiro atoms. The predicted molar refractivity (Wildman–Crippen MR) is 99.1 cm³/mol. The molecule has 0 saturated carbocycles. The van der Waals surface area contributed by atoms with Gasteiger partial charge in [0.25, 0.3) is 0 Å². The van der Waals surface area contributed by atoms with Gasteiger partial charge in [-0.2, -0.15) is 0 Å². The molecule has 138 valence electrons. The zero-order chi connectivity index (χ0) is 18.2. The first kappa shape index (κ1) is 19.0. The number of hydrogen-bond acceptors (Lipinski definition) is 3. The molecule has 3 N–H and O–H groups in total. The minimum Gasteiger partial charge on any atom is -0.370 e. The van der Waals surface area contributed by atoms with Crippen LogP contribution in [0, 0.1) is 11.7 Å². The lowest BCUT2D eigenvalue weighted by Gasteiger charge is -2.36. The van der Waals surface area contributed by atoms with Crippen LogP contribution in [0.2, 0.25) is 0 Å². The van der Waals surface area contributed by atoms with Crippen molar-refractivity contribution >= 4 is 17.6 Å². The maximum atomic E-state index is 13.0. The Morgan fingerprint density at radius 3 is 2.48 bits per heavy atom. The van der Waals surface area contributed by atoms with Crippen molar-refractivity contribution in [2.75, 3.05) is 44.2 Å². The third kappa shape index (κ3) is 5.92.